The van der Waals surface area contributed by atoms with Gasteiger partial charge in [0.05, 0.1) is 12.6 Å². The van der Waals surface area contributed by atoms with E-state index in [-0.39, 0.29) is 31.6 Å². The van der Waals surface area contributed by atoms with E-state index in [4.69, 9.17) is 14.5 Å². The topological polar surface area (TPSA) is 96.3 Å². The minimum absolute atomic E-state index is 0.0460. The number of phosphoric acid groups is 1. The number of phosphoric ester groups is 1. The summed E-state index contributed by atoms with van der Waals surface area (Å²) in [5, 5.41) is 0. The molecule has 3 aromatic carbocycles. The first-order valence-corrected chi connectivity index (χ1v) is 13.0. The lowest BCUT2D eigenvalue weighted by Gasteiger charge is -2.43. The van der Waals surface area contributed by atoms with Crippen LogP contribution in [0.2, 0.25) is 0 Å². The first kappa shape index (κ1) is 26.9. The molecule has 2 atom stereocenters. The number of ether oxygens (including phenoxy) is 1. The second-order valence-electron chi connectivity index (χ2n) is 8.81. The smallest absolute Gasteiger partial charge is 0.438 e. The molecular weight excluding hydrogens is 510 g/mol. The zero-order valence-electron chi connectivity index (χ0n) is 19.8. The summed E-state index contributed by atoms with van der Waals surface area (Å²) in [6, 6.07) is 15.1. The largest absolute Gasteiger partial charge is 0.469 e. The van der Waals surface area contributed by atoms with Crippen LogP contribution in [0, 0.1) is 17.5 Å². The van der Waals surface area contributed by atoms with Gasteiger partial charge in [-0.15, -0.1) is 0 Å². The lowest BCUT2D eigenvalue weighted by atomic mass is 9.85. The van der Waals surface area contributed by atoms with Crippen LogP contribution in [0.1, 0.15) is 36.9 Å². The number of cyclic esters (lactones) is 1. The van der Waals surface area contributed by atoms with Crippen molar-refractivity contribution in [3.63, 3.8) is 0 Å². The maximum Gasteiger partial charge on any atom is 0.469 e. The average Bonchev–Trinajstić information content (AvgIpc) is 2.83. The summed E-state index contributed by atoms with van der Waals surface area (Å²) in [7, 11) is -4.73. The van der Waals surface area contributed by atoms with Gasteiger partial charge in [-0.05, 0) is 47.9 Å². The summed E-state index contributed by atoms with van der Waals surface area (Å²) in [4.78, 5) is 32.7. The number of carbonyl (C=O) groups is 1. The van der Waals surface area contributed by atoms with E-state index in [0.717, 1.165) is 11.6 Å². The molecule has 1 aliphatic rings. The quantitative estimate of drug-likeness (QED) is 0.340. The van der Waals surface area contributed by atoms with Gasteiger partial charge in [0.25, 0.3) is 0 Å². The van der Waals surface area contributed by atoms with Gasteiger partial charge < -0.3 is 19.4 Å². The van der Waals surface area contributed by atoms with E-state index in [9.17, 15) is 22.5 Å². The van der Waals surface area contributed by atoms with Crippen LogP contribution in [-0.4, -0.2) is 33.9 Å². The third-order valence-corrected chi connectivity index (χ3v) is 7.03. The van der Waals surface area contributed by atoms with E-state index in [2.05, 4.69) is 4.52 Å². The molecule has 0 unspecified atom stereocenters. The second kappa shape index (κ2) is 10.7. The molecule has 1 fully saturated rings. The summed E-state index contributed by atoms with van der Waals surface area (Å²) in [6.07, 6.45) is -0.443. The van der Waals surface area contributed by atoms with Crippen molar-refractivity contribution >= 4 is 13.9 Å². The fraction of sp³-hybridized carbons (Fsp3) is 0.269. The molecular formula is C26H25F3NO6P. The highest BCUT2D eigenvalue weighted by atomic mass is 31.2. The number of nitrogens with zero attached hydrogens (tertiary/aromatic N) is 1. The molecule has 0 spiro atoms. The summed E-state index contributed by atoms with van der Waals surface area (Å²) < 4.78 is 62.4. The van der Waals surface area contributed by atoms with E-state index >= 15 is 0 Å². The van der Waals surface area contributed by atoms with E-state index in [1.807, 2.05) is 0 Å². The SMILES string of the molecule is C[C@@H](c1ccc(-c2ccc(F)cc2F)cc1)N1CC[C@](CCOP(=O)(O)O)(c2ccc(F)cc2)OC1=O. The van der Waals surface area contributed by atoms with Crippen LogP contribution in [0.15, 0.2) is 66.7 Å². The number of carbonyl (C=O) groups excluding carboxylic acids is 1. The Morgan fingerprint density at radius 3 is 2.27 bits per heavy atom. The number of benzene rings is 3. The first-order chi connectivity index (χ1) is 17.5. The Hall–Kier alpha value is -3.17. The molecule has 11 heteroatoms. The van der Waals surface area contributed by atoms with Crippen molar-refractivity contribution in [3.05, 3.63) is 95.3 Å². The highest BCUT2D eigenvalue weighted by molar-refractivity contribution is 7.46. The van der Waals surface area contributed by atoms with Crippen molar-refractivity contribution in [2.45, 2.75) is 31.4 Å². The molecule has 1 aliphatic heterocycles. The molecule has 2 N–H and O–H groups in total. The van der Waals surface area contributed by atoms with Crippen LogP contribution in [0.3, 0.4) is 0 Å². The molecule has 3 aromatic rings. The third-order valence-electron chi connectivity index (χ3n) is 6.51. The zero-order valence-corrected chi connectivity index (χ0v) is 20.7. The zero-order chi connectivity index (χ0) is 26.8. The van der Waals surface area contributed by atoms with Gasteiger partial charge in [-0.3, -0.25) is 4.52 Å². The monoisotopic (exact) mass is 535 g/mol. The molecule has 1 heterocycles. The van der Waals surface area contributed by atoms with E-state index in [0.29, 0.717) is 11.1 Å². The molecule has 0 aliphatic carbocycles. The Bertz CT molecular complexity index is 1310. The van der Waals surface area contributed by atoms with Crippen LogP contribution >= 0.6 is 7.82 Å². The fourth-order valence-electron chi connectivity index (χ4n) is 4.47. The van der Waals surface area contributed by atoms with E-state index < -0.39 is 43.0 Å². The summed E-state index contributed by atoms with van der Waals surface area (Å²) in [6.45, 7) is 1.66. The molecule has 7 nitrogen and oxygen atoms in total. The highest BCUT2D eigenvalue weighted by Gasteiger charge is 2.43. The Kier molecular flexibility index (Phi) is 7.75. The van der Waals surface area contributed by atoms with Gasteiger partial charge in [0, 0.05) is 31.0 Å². The van der Waals surface area contributed by atoms with Crippen LogP contribution in [0.4, 0.5) is 18.0 Å². The Morgan fingerprint density at radius 1 is 1.03 bits per heavy atom. The molecule has 1 saturated heterocycles. The van der Waals surface area contributed by atoms with Crippen molar-refractivity contribution in [3.8, 4) is 11.1 Å². The fourth-order valence-corrected chi connectivity index (χ4v) is 4.80. The van der Waals surface area contributed by atoms with Crippen molar-refractivity contribution in [1.82, 2.24) is 4.90 Å². The molecule has 4 rings (SSSR count). The van der Waals surface area contributed by atoms with Crippen LogP contribution in [-0.2, 0) is 19.4 Å². The average molecular weight is 535 g/mol. The lowest BCUT2D eigenvalue weighted by Crippen LogP contribution is -2.49. The van der Waals surface area contributed by atoms with Crippen LogP contribution < -0.4 is 0 Å². The third kappa shape index (κ3) is 6.22. The summed E-state index contributed by atoms with van der Waals surface area (Å²) >= 11 is 0. The van der Waals surface area contributed by atoms with E-state index in [1.165, 1.54) is 41.3 Å². The number of amides is 1. The van der Waals surface area contributed by atoms with Crippen molar-refractivity contribution in [2.75, 3.05) is 13.2 Å². The predicted molar refractivity (Wildman–Crippen MR) is 129 cm³/mol. The van der Waals surface area contributed by atoms with Gasteiger partial charge in [0.2, 0.25) is 0 Å². The Morgan fingerprint density at radius 2 is 1.68 bits per heavy atom. The molecule has 0 saturated carbocycles. The number of halogens is 3. The first-order valence-electron chi connectivity index (χ1n) is 11.5. The lowest BCUT2D eigenvalue weighted by molar-refractivity contribution is -0.0713. The summed E-state index contributed by atoms with van der Waals surface area (Å²) in [5.41, 5.74) is 0.770. The van der Waals surface area contributed by atoms with Gasteiger partial charge in [-0.2, -0.15) is 0 Å². The van der Waals surface area contributed by atoms with Crippen LogP contribution in [0.5, 0.6) is 0 Å². The van der Waals surface area contributed by atoms with Gasteiger partial charge >= 0.3 is 13.9 Å². The molecule has 0 bridgehead atoms. The minimum Gasteiger partial charge on any atom is -0.438 e. The minimum atomic E-state index is -4.73. The Balaban J connectivity index is 1.52. The molecule has 0 radical (unpaired) electrons. The van der Waals surface area contributed by atoms with Crippen molar-refractivity contribution in [2.24, 2.45) is 0 Å². The van der Waals surface area contributed by atoms with E-state index in [1.54, 1.807) is 31.2 Å². The normalized spacial score (nSPS) is 19.0. The van der Waals surface area contributed by atoms with Crippen LogP contribution in [0.25, 0.3) is 11.1 Å². The van der Waals surface area contributed by atoms with Gasteiger partial charge in [-0.25, -0.2) is 22.5 Å². The Labute approximate surface area is 211 Å². The maximum absolute atomic E-state index is 14.1. The number of rotatable bonds is 8. The van der Waals surface area contributed by atoms with Crippen molar-refractivity contribution in [1.29, 1.82) is 0 Å². The highest BCUT2D eigenvalue weighted by Crippen LogP contribution is 2.42. The number of hydrogen-bond donors (Lipinski definition) is 2. The molecule has 196 valence electrons. The predicted octanol–water partition coefficient (Wildman–Crippen LogP) is 6.07. The van der Waals surface area contributed by atoms with Crippen molar-refractivity contribution < 1.29 is 41.6 Å². The van der Waals surface area contributed by atoms with Gasteiger partial charge in [-0.1, -0.05) is 36.4 Å². The number of hydrogen-bond acceptors (Lipinski definition) is 4. The summed E-state index contributed by atoms with van der Waals surface area (Å²) in [5.74, 6) is -1.83. The molecule has 1 amide bonds. The van der Waals surface area contributed by atoms with Gasteiger partial charge in [0.15, 0.2) is 0 Å². The standard InChI is InChI=1S/C26H25F3NO6P/c1-17(18-2-4-19(5-3-18)23-11-10-22(28)16-24(23)29)30-14-12-26(36-25(30)31,13-15-35-37(32,33)34)20-6-8-21(27)9-7-20/h2-11,16-17H,12-15H2,1H3,(H2,32,33,34)/t17-,26-/m0/s1. The maximum atomic E-state index is 14.1. The molecule has 0 aromatic heterocycles. The second-order valence-corrected chi connectivity index (χ2v) is 10.0. The molecule has 37 heavy (non-hydrogen) atoms. The van der Waals surface area contributed by atoms with Gasteiger partial charge in [0.1, 0.15) is 23.1 Å².